The second-order valence-electron chi connectivity index (χ2n) is 8.65. The molecule has 0 saturated carbocycles. The molecule has 1 saturated heterocycles. The standard InChI is InChI=1S/C25H26N4O5/c1-2-34-13-5-12-27-15-22(30)28-21(25(27)31)14-19-18-6-3-4-7-20(18)26-23(19)24(28)16-8-10-17(11-9-16)29(32)33/h3-4,6-11,21,24,26H,2,5,12-15H2,1H3. The van der Waals surface area contributed by atoms with Gasteiger partial charge < -0.3 is 19.5 Å². The molecular formula is C25H26N4O5. The lowest BCUT2D eigenvalue weighted by Gasteiger charge is -2.47. The molecule has 0 bridgehead atoms. The lowest BCUT2D eigenvalue weighted by Crippen LogP contribution is -2.63. The third-order valence-corrected chi connectivity index (χ3v) is 6.68. The van der Waals surface area contributed by atoms with Crippen molar-refractivity contribution in [2.24, 2.45) is 0 Å². The van der Waals surface area contributed by atoms with E-state index in [2.05, 4.69) is 4.98 Å². The molecule has 3 aromatic rings. The topological polar surface area (TPSA) is 109 Å². The Balaban J connectivity index is 1.56. The van der Waals surface area contributed by atoms with Crippen LogP contribution in [0.25, 0.3) is 10.9 Å². The molecule has 1 N–H and O–H groups in total. The molecule has 3 heterocycles. The van der Waals surface area contributed by atoms with Gasteiger partial charge >= 0.3 is 0 Å². The van der Waals surface area contributed by atoms with Gasteiger partial charge in [-0.3, -0.25) is 19.7 Å². The highest BCUT2D eigenvalue weighted by Crippen LogP contribution is 2.42. The first-order valence-electron chi connectivity index (χ1n) is 11.5. The minimum atomic E-state index is -0.625. The van der Waals surface area contributed by atoms with E-state index in [0.29, 0.717) is 32.6 Å². The second kappa shape index (κ2) is 8.90. The fraction of sp³-hybridized carbons (Fsp3) is 0.360. The van der Waals surface area contributed by atoms with Crippen LogP contribution < -0.4 is 0 Å². The van der Waals surface area contributed by atoms with E-state index in [1.54, 1.807) is 21.9 Å². The minimum Gasteiger partial charge on any atom is -0.382 e. The number of nitro benzene ring substituents is 1. The number of rotatable bonds is 7. The number of aromatic amines is 1. The number of H-pyrrole nitrogens is 1. The summed E-state index contributed by atoms with van der Waals surface area (Å²) in [6.07, 6.45) is 1.10. The van der Waals surface area contributed by atoms with Gasteiger partial charge in [0, 0.05) is 54.9 Å². The number of nitro groups is 1. The largest absolute Gasteiger partial charge is 0.382 e. The van der Waals surface area contributed by atoms with Gasteiger partial charge in [-0.2, -0.15) is 0 Å². The maximum Gasteiger partial charge on any atom is 0.269 e. The first-order chi connectivity index (χ1) is 16.5. The number of non-ortho nitro benzene ring substituents is 1. The predicted molar refractivity (Wildman–Crippen MR) is 125 cm³/mol. The number of fused-ring (bicyclic) bond motifs is 4. The molecule has 2 aromatic carbocycles. The number of benzene rings is 2. The molecule has 9 heteroatoms. The number of aromatic nitrogens is 1. The molecule has 0 aliphatic carbocycles. The van der Waals surface area contributed by atoms with Crippen LogP contribution in [0.3, 0.4) is 0 Å². The highest BCUT2D eigenvalue weighted by atomic mass is 16.6. The zero-order chi connectivity index (χ0) is 23.8. The predicted octanol–water partition coefficient (Wildman–Crippen LogP) is 3.19. The third-order valence-electron chi connectivity index (χ3n) is 6.68. The number of amides is 2. The summed E-state index contributed by atoms with van der Waals surface area (Å²) in [7, 11) is 0. The van der Waals surface area contributed by atoms with E-state index in [1.165, 1.54) is 12.1 Å². The molecule has 0 spiro atoms. The van der Waals surface area contributed by atoms with Crippen molar-refractivity contribution >= 4 is 28.4 Å². The number of nitrogens with one attached hydrogen (secondary N) is 1. The Morgan fingerprint density at radius 1 is 1.15 bits per heavy atom. The smallest absolute Gasteiger partial charge is 0.269 e. The van der Waals surface area contributed by atoms with Crippen molar-refractivity contribution in [2.45, 2.75) is 31.8 Å². The van der Waals surface area contributed by atoms with Crippen molar-refractivity contribution in [2.75, 3.05) is 26.3 Å². The molecule has 2 unspecified atom stereocenters. The van der Waals surface area contributed by atoms with Crippen LogP contribution in [0.1, 0.15) is 36.2 Å². The van der Waals surface area contributed by atoms with E-state index >= 15 is 0 Å². The fourth-order valence-corrected chi connectivity index (χ4v) is 5.14. The highest BCUT2D eigenvalue weighted by Gasteiger charge is 2.48. The molecule has 2 atom stereocenters. The normalized spacial score (nSPS) is 19.9. The molecule has 1 aromatic heterocycles. The van der Waals surface area contributed by atoms with Crippen molar-refractivity contribution in [3.05, 3.63) is 75.5 Å². The summed E-state index contributed by atoms with van der Waals surface area (Å²) >= 11 is 0. The van der Waals surface area contributed by atoms with Crippen LogP contribution in [0, 0.1) is 10.1 Å². The van der Waals surface area contributed by atoms with Gasteiger partial charge in [0.1, 0.15) is 6.04 Å². The molecule has 2 aliphatic heterocycles. The number of ether oxygens (including phenoxy) is 1. The van der Waals surface area contributed by atoms with Crippen LogP contribution in [-0.4, -0.2) is 63.9 Å². The zero-order valence-corrected chi connectivity index (χ0v) is 18.9. The van der Waals surface area contributed by atoms with Crippen LogP contribution in [0.15, 0.2) is 48.5 Å². The highest BCUT2D eigenvalue weighted by molar-refractivity contribution is 5.97. The fourth-order valence-electron chi connectivity index (χ4n) is 5.14. The maximum absolute atomic E-state index is 13.5. The average Bonchev–Trinajstić information content (AvgIpc) is 3.22. The van der Waals surface area contributed by atoms with Gasteiger partial charge in [0.25, 0.3) is 5.69 Å². The quantitative estimate of drug-likeness (QED) is 0.330. The van der Waals surface area contributed by atoms with Gasteiger partial charge in [-0.05, 0) is 42.7 Å². The third kappa shape index (κ3) is 3.71. The number of carbonyl (C=O) groups is 2. The lowest BCUT2D eigenvalue weighted by molar-refractivity contribution is -0.384. The van der Waals surface area contributed by atoms with E-state index in [1.807, 2.05) is 31.2 Å². The summed E-state index contributed by atoms with van der Waals surface area (Å²) in [4.78, 5) is 44.5. The van der Waals surface area contributed by atoms with Crippen LogP contribution >= 0.6 is 0 Å². The summed E-state index contributed by atoms with van der Waals surface area (Å²) < 4.78 is 5.39. The van der Waals surface area contributed by atoms with Crippen molar-refractivity contribution in [1.82, 2.24) is 14.8 Å². The van der Waals surface area contributed by atoms with Gasteiger partial charge in [-0.25, -0.2) is 0 Å². The Hall–Kier alpha value is -3.72. The molecule has 0 radical (unpaired) electrons. The van der Waals surface area contributed by atoms with Crippen LogP contribution in [0.2, 0.25) is 0 Å². The molecule has 176 valence electrons. The maximum atomic E-state index is 13.5. The van der Waals surface area contributed by atoms with Crippen molar-refractivity contribution < 1.29 is 19.2 Å². The summed E-state index contributed by atoms with van der Waals surface area (Å²) in [5.74, 6) is -0.201. The number of para-hydroxylation sites is 1. The van der Waals surface area contributed by atoms with Gasteiger partial charge in [0.2, 0.25) is 11.8 Å². The minimum absolute atomic E-state index is 0.0144. The number of hydrogen-bond acceptors (Lipinski definition) is 5. The van der Waals surface area contributed by atoms with Crippen molar-refractivity contribution in [1.29, 1.82) is 0 Å². The van der Waals surface area contributed by atoms with Crippen molar-refractivity contribution in [3.63, 3.8) is 0 Å². The molecule has 9 nitrogen and oxygen atoms in total. The van der Waals surface area contributed by atoms with Gasteiger partial charge in [-0.1, -0.05) is 18.2 Å². The molecule has 1 fully saturated rings. The number of hydrogen-bond donors (Lipinski definition) is 1. The summed E-state index contributed by atoms with van der Waals surface area (Å²) in [5.41, 5.74) is 3.52. The molecular weight excluding hydrogens is 436 g/mol. The van der Waals surface area contributed by atoms with Crippen molar-refractivity contribution in [3.8, 4) is 0 Å². The first-order valence-corrected chi connectivity index (χ1v) is 11.5. The lowest BCUT2D eigenvalue weighted by atomic mass is 9.86. The second-order valence-corrected chi connectivity index (χ2v) is 8.65. The van der Waals surface area contributed by atoms with Crippen LogP contribution in [0.5, 0.6) is 0 Å². The summed E-state index contributed by atoms with van der Waals surface area (Å²) in [5, 5.41) is 12.2. The monoisotopic (exact) mass is 462 g/mol. The Morgan fingerprint density at radius 2 is 1.91 bits per heavy atom. The van der Waals surface area contributed by atoms with Gasteiger partial charge in [-0.15, -0.1) is 0 Å². The van der Waals surface area contributed by atoms with Gasteiger partial charge in [0.05, 0.1) is 17.5 Å². The molecule has 2 amide bonds. The molecule has 2 aliphatic rings. The van der Waals surface area contributed by atoms with Crippen LogP contribution in [0.4, 0.5) is 5.69 Å². The Kier molecular flexibility index (Phi) is 5.79. The molecule has 5 rings (SSSR count). The number of piperazine rings is 1. The van der Waals surface area contributed by atoms with E-state index in [-0.39, 0.29) is 24.0 Å². The van der Waals surface area contributed by atoms with E-state index in [0.717, 1.165) is 27.7 Å². The average molecular weight is 463 g/mol. The summed E-state index contributed by atoms with van der Waals surface area (Å²) in [6.45, 7) is 3.56. The Bertz CT molecular complexity index is 1250. The zero-order valence-electron chi connectivity index (χ0n) is 18.9. The number of carbonyl (C=O) groups excluding carboxylic acids is 2. The van der Waals surface area contributed by atoms with E-state index < -0.39 is 17.0 Å². The number of nitrogens with zero attached hydrogens (tertiary/aromatic N) is 3. The molecule has 34 heavy (non-hydrogen) atoms. The van der Waals surface area contributed by atoms with E-state index in [4.69, 9.17) is 4.74 Å². The van der Waals surface area contributed by atoms with Crippen LogP contribution in [-0.2, 0) is 20.7 Å². The summed E-state index contributed by atoms with van der Waals surface area (Å²) in [6, 6.07) is 13.0. The van der Waals surface area contributed by atoms with Gasteiger partial charge in [0.15, 0.2) is 0 Å². The van der Waals surface area contributed by atoms with E-state index in [9.17, 15) is 19.7 Å². The SMILES string of the molecule is CCOCCCN1CC(=O)N2C(Cc3c([nH]c4ccccc34)C2c2ccc([N+](=O)[O-])cc2)C1=O. The first kappa shape index (κ1) is 22.1. The Morgan fingerprint density at radius 3 is 2.65 bits per heavy atom. The Labute approximate surface area is 196 Å².